The van der Waals surface area contributed by atoms with Crippen LogP contribution in [0.15, 0.2) is 36.4 Å². The normalized spacial score (nSPS) is 15.5. The number of phenolic OH excluding ortho intramolecular Hbond substituents is 1. The first-order valence-electron chi connectivity index (χ1n) is 9.14. The average Bonchev–Trinajstić information content (AvgIpc) is 2.69. The quantitative estimate of drug-likeness (QED) is 0.606. The van der Waals surface area contributed by atoms with Gasteiger partial charge in [-0.2, -0.15) is 0 Å². The molecule has 2 aromatic carbocycles. The fraction of sp³-hybridized carbons (Fsp3) is 0.318. The van der Waals surface area contributed by atoms with Gasteiger partial charge in [0.05, 0.1) is 18.2 Å². The zero-order chi connectivity index (χ0) is 20.3. The molecule has 0 saturated carbocycles. The van der Waals surface area contributed by atoms with Crippen LogP contribution in [0.1, 0.15) is 57.5 Å². The first-order chi connectivity index (χ1) is 13.4. The van der Waals surface area contributed by atoms with Crippen molar-refractivity contribution in [2.24, 2.45) is 0 Å². The Hall–Kier alpha value is -3.15. The van der Waals surface area contributed by atoms with E-state index in [1.165, 1.54) is 19.2 Å². The molecule has 3 rings (SSSR count). The Morgan fingerprint density at radius 1 is 1.21 bits per heavy atom. The van der Waals surface area contributed by atoms with Gasteiger partial charge in [-0.25, -0.2) is 0 Å². The van der Waals surface area contributed by atoms with E-state index in [1.807, 2.05) is 6.92 Å². The maximum atomic E-state index is 12.8. The summed E-state index contributed by atoms with van der Waals surface area (Å²) in [5, 5.41) is 9.99. The van der Waals surface area contributed by atoms with Crippen molar-refractivity contribution in [3.05, 3.63) is 58.7 Å². The van der Waals surface area contributed by atoms with Crippen molar-refractivity contribution in [1.82, 2.24) is 0 Å². The molecule has 0 spiro atoms. The number of ketones is 2. The largest absolute Gasteiger partial charge is 0.507 e. The van der Waals surface area contributed by atoms with Gasteiger partial charge in [-0.05, 0) is 50.1 Å². The molecule has 146 valence electrons. The third kappa shape index (κ3) is 4.22. The van der Waals surface area contributed by atoms with Crippen molar-refractivity contribution in [2.45, 2.75) is 38.7 Å². The summed E-state index contributed by atoms with van der Waals surface area (Å²) in [5.74, 6) is -0.402. The topological polar surface area (TPSA) is 89.9 Å². The summed E-state index contributed by atoms with van der Waals surface area (Å²) in [7, 11) is 1.34. The minimum absolute atomic E-state index is 0.0958. The Balaban J connectivity index is 1.76. The van der Waals surface area contributed by atoms with Crippen LogP contribution in [0.4, 0.5) is 0 Å². The van der Waals surface area contributed by atoms with Crippen molar-refractivity contribution in [3.63, 3.8) is 0 Å². The van der Waals surface area contributed by atoms with Crippen LogP contribution in [0.25, 0.3) is 0 Å². The molecule has 6 heteroatoms. The summed E-state index contributed by atoms with van der Waals surface area (Å²) in [6.45, 7) is 1.83. The number of ether oxygens (including phenoxy) is 2. The summed E-state index contributed by atoms with van der Waals surface area (Å²) in [6, 6.07) is 9.54. The highest BCUT2D eigenvalue weighted by Gasteiger charge is 2.27. The summed E-state index contributed by atoms with van der Waals surface area (Å²) in [6.07, 6.45) is 1.32. The Kier molecular flexibility index (Phi) is 5.78. The molecule has 1 N–H and O–H groups in total. The standard InChI is InChI=1S/C22H22O6/c1-13-6-8-18(23)17(10-13)22(26)14-7-9-20-16(11-14)19(24)12-15(28-20)4-3-5-21(25)27-2/h6-11,15,23H,3-5,12H2,1-2H3. The summed E-state index contributed by atoms with van der Waals surface area (Å²) < 4.78 is 10.5. The number of aromatic hydroxyl groups is 1. The first kappa shape index (κ1) is 19.6. The van der Waals surface area contributed by atoms with Crippen LogP contribution in [-0.2, 0) is 9.53 Å². The minimum atomic E-state index is -0.350. The molecule has 6 nitrogen and oxygen atoms in total. The van der Waals surface area contributed by atoms with E-state index in [-0.39, 0.29) is 47.8 Å². The third-order valence-corrected chi connectivity index (χ3v) is 4.78. The first-order valence-corrected chi connectivity index (χ1v) is 9.14. The van der Waals surface area contributed by atoms with Crippen molar-refractivity contribution < 1.29 is 29.0 Å². The van der Waals surface area contributed by atoms with E-state index in [0.29, 0.717) is 29.7 Å². The number of aryl methyl sites for hydroxylation is 1. The lowest BCUT2D eigenvalue weighted by Crippen LogP contribution is -2.27. The van der Waals surface area contributed by atoms with E-state index in [2.05, 4.69) is 4.74 Å². The Bertz CT molecular complexity index is 931. The number of phenols is 1. The van der Waals surface area contributed by atoms with Gasteiger partial charge in [0.15, 0.2) is 11.6 Å². The molecule has 1 aliphatic rings. The van der Waals surface area contributed by atoms with Crippen LogP contribution >= 0.6 is 0 Å². The van der Waals surface area contributed by atoms with Gasteiger partial charge in [0.1, 0.15) is 17.6 Å². The van der Waals surface area contributed by atoms with Crippen LogP contribution in [0, 0.1) is 6.92 Å². The predicted octanol–water partition coefficient (Wildman–Crippen LogP) is 3.61. The average molecular weight is 382 g/mol. The number of fused-ring (bicyclic) bond motifs is 1. The molecule has 0 radical (unpaired) electrons. The van der Waals surface area contributed by atoms with E-state index in [0.717, 1.165) is 5.56 Å². The molecule has 1 aliphatic heterocycles. The monoisotopic (exact) mass is 382 g/mol. The van der Waals surface area contributed by atoms with Crippen LogP contribution in [0.5, 0.6) is 11.5 Å². The second-order valence-corrected chi connectivity index (χ2v) is 6.90. The number of methoxy groups -OCH3 is 1. The molecule has 0 aromatic heterocycles. The zero-order valence-electron chi connectivity index (χ0n) is 15.9. The number of carbonyl (C=O) groups is 3. The van der Waals surface area contributed by atoms with Gasteiger partial charge in [-0.3, -0.25) is 14.4 Å². The number of hydrogen-bond donors (Lipinski definition) is 1. The molecule has 0 saturated heterocycles. The molecule has 0 bridgehead atoms. The van der Waals surface area contributed by atoms with Gasteiger partial charge in [-0.15, -0.1) is 0 Å². The smallest absolute Gasteiger partial charge is 0.305 e. The third-order valence-electron chi connectivity index (χ3n) is 4.78. The van der Waals surface area contributed by atoms with Gasteiger partial charge in [0.2, 0.25) is 0 Å². The zero-order valence-corrected chi connectivity index (χ0v) is 15.9. The van der Waals surface area contributed by atoms with Crippen molar-refractivity contribution >= 4 is 17.5 Å². The highest BCUT2D eigenvalue weighted by molar-refractivity contribution is 6.12. The van der Waals surface area contributed by atoms with E-state index in [4.69, 9.17) is 4.74 Å². The molecule has 0 fully saturated rings. The van der Waals surface area contributed by atoms with Gasteiger partial charge in [0.25, 0.3) is 0 Å². The van der Waals surface area contributed by atoms with Crippen LogP contribution < -0.4 is 4.74 Å². The second-order valence-electron chi connectivity index (χ2n) is 6.90. The van der Waals surface area contributed by atoms with Gasteiger partial charge in [0, 0.05) is 18.4 Å². The molecule has 1 unspecified atom stereocenters. The van der Waals surface area contributed by atoms with E-state index in [9.17, 15) is 19.5 Å². The Morgan fingerprint density at radius 3 is 2.75 bits per heavy atom. The van der Waals surface area contributed by atoms with Crippen LogP contribution in [-0.4, -0.2) is 35.9 Å². The molecular formula is C22H22O6. The molecular weight excluding hydrogens is 360 g/mol. The molecule has 2 aromatic rings. The number of esters is 1. The number of benzene rings is 2. The maximum absolute atomic E-state index is 12.8. The number of Topliss-reactive ketones (excluding diaryl/α,β-unsaturated/α-hetero) is 1. The lowest BCUT2D eigenvalue weighted by molar-refractivity contribution is -0.140. The molecule has 1 heterocycles. The fourth-order valence-electron chi connectivity index (χ4n) is 3.25. The van der Waals surface area contributed by atoms with Crippen molar-refractivity contribution in [3.8, 4) is 11.5 Å². The van der Waals surface area contributed by atoms with Gasteiger partial charge in [-0.1, -0.05) is 11.6 Å². The minimum Gasteiger partial charge on any atom is -0.507 e. The predicted molar refractivity (Wildman–Crippen MR) is 102 cm³/mol. The van der Waals surface area contributed by atoms with E-state index >= 15 is 0 Å². The number of rotatable bonds is 6. The fourth-order valence-corrected chi connectivity index (χ4v) is 3.25. The van der Waals surface area contributed by atoms with E-state index < -0.39 is 0 Å². The van der Waals surface area contributed by atoms with Gasteiger partial charge < -0.3 is 14.6 Å². The van der Waals surface area contributed by atoms with Crippen molar-refractivity contribution in [2.75, 3.05) is 7.11 Å². The molecule has 0 aliphatic carbocycles. The van der Waals surface area contributed by atoms with Crippen LogP contribution in [0.3, 0.4) is 0 Å². The maximum Gasteiger partial charge on any atom is 0.305 e. The number of hydrogen-bond acceptors (Lipinski definition) is 6. The lowest BCUT2D eigenvalue weighted by Gasteiger charge is -2.25. The van der Waals surface area contributed by atoms with Crippen molar-refractivity contribution in [1.29, 1.82) is 0 Å². The molecule has 28 heavy (non-hydrogen) atoms. The van der Waals surface area contributed by atoms with E-state index in [1.54, 1.807) is 24.3 Å². The second kappa shape index (κ2) is 8.25. The SMILES string of the molecule is COC(=O)CCCC1CC(=O)c2cc(C(=O)c3cc(C)ccc3O)ccc2O1. The lowest BCUT2D eigenvalue weighted by atomic mass is 9.93. The number of carbonyl (C=O) groups excluding carboxylic acids is 3. The molecule has 1 atom stereocenters. The highest BCUT2D eigenvalue weighted by Crippen LogP contribution is 2.31. The van der Waals surface area contributed by atoms with Gasteiger partial charge >= 0.3 is 5.97 Å². The molecule has 0 amide bonds. The Labute approximate surface area is 163 Å². The summed E-state index contributed by atoms with van der Waals surface area (Å²) in [5.41, 5.74) is 1.74. The summed E-state index contributed by atoms with van der Waals surface area (Å²) >= 11 is 0. The van der Waals surface area contributed by atoms with Crippen LogP contribution in [0.2, 0.25) is 0 Å². The Morgan fingerprint density at radius 2 is 2.00 bits per heavy atom. The summed E-state index contributed by atoms with van der Waals surface area (Å²) in [4.78, 5) is 36.5. The highest BCUT2D eigenvalue weighted by atomic mass is 16.5.